The Balaban J connectivity index is 2.01. The van der Waals surface area contributed by atoms with Crippen LogP contribution in [0.4, 0.5) is 13.2 Å². The standard InChI is InChI=1S/C18H13F3N4/c19-18(20,21)14-9-8-13(7-6-12-4-2-1-3-5-12)15(10-14)17-16(11-22)23-25-24-17/h1-5,8-10H,6-7H2,(H,23,24,25). The molecular weight excluding hydrogens is 329 g/mol. The van der Waals surface area contributed by atoms with Gasteiger partial charge in [0.1, 0.15) is 11.8 Å². The fourth-order valence-electron chi connectivity index (χ4n) is 2.61. The van der Waals surface area contributed by atoms with Crippen molar-refractivity contribution in [3.8, 4) is 17.3 Å². The second kappa shape index (κ2) is 6.77. The molecule has 0 unspecified atom stereocenters. The number of nitrogens with one attached hydrogen (secondary N) is 1. The van der Waals surface area contributed by atoms with E-state index in [1.807, 2.05) is 36.4 Å². The third-order valence-corrected chi connectivity index (χ3v) is 3.88. The van der Waals surface area contributed by atoms with Crippen molar-refractivity contribution in [3.63, 3.8) is 0 Å². The Morgan fingerprint density at radius 2 is 1.80 bits per heavy atom. The molecule has 2 aromatic carbocycles. The molecule has 1 heterocycles. The third-order valence-electron chi connectivity index (χ3n) is 3.88. The van der Waals surface area contributed by atoms with Gasteiger partial charge in [0.05, 0.1) is 5.56 Å². The molecule has 7 heteroatoms. The maximum absolute atomic E-state index is 13.1. The monoisotopic (exact) mass is 342 g/mol. The zero-order valence-electron chi connectivity index (χ0n) is 13.0. The first-order chi connectivity index (χ1) is 12.0. The number of aryl methyl sites for hydroxylation is 2. The van der Waals surface area contributed by atoms with E-state index < -0.39 is 11.7 Å². The molecule has 3 rings (SSSR count). The van der Waals surface area contributed by atoms with Gasteiger partial charge < -0.3 is 0 Å². The molecule has 25 heavy (non-hydrogen) atoms. The Morgan fingerprint density at radius 1 is 1.04 bits per heavy atom. The fourth-order valence-corrected chi connectivity index (χ4v) is 2.61. The molecule has 0 aliphatic heterocycles. The van der Waals surface area contributed by atoms with Crippen LogP contribution in [-0.2, 0) is 19.0 Å². The molecule has 0 saturated heterocycles. The van der Waals surface area contributed by atoms with Gasteiger partial charge in [0.2, 0.25) is 0 Å². The van der Waals surface area contributed by atoms with Crippen molar-refractivity contribution < 1.29 is 13.2 Å². The average molecular weight is 342 g/mol. The minimum Gasteiger partial charge on any atom is -0.247 e. The smallest absolute Gasteiger partial charge is 0.247 e. The van der Waals surface area contributed by atoms with Crippen LogP contribution in [0.5, 0.6) is 0 Å². The number of halogens is 3. The molecule has 0 bridgehead atoms. The van der Waals surface area contributed by atoms with Gasteiger partial charge >= 0.3 is 6.18 Å². The Bertz CT molecular complexity index is 908. The fraction of sp³-hybridized carbons (Fsp3) is 0.167. The molecule has 3 aromatic rings. The van der Waals surface area contributed by atoms with Crippen LogP contribution < -0.4 is 0 Å². The number of nitriles is 1. The number of benzene rings is 2. The van der Waals surface area contributed by atoms with Gasteiger partial charge in [-0.3, -0.25) is 0 Å². The van der Waals surface area contributed by atoms with Crippen LogP contribution in [0.3, 0.4) is 0 Å². The summed E-state index contributed by atoms with van der Waals surface area (Å²) in [5.41, 5.74) is 1.43. The molecule has 0 atom stereocenters. The van der Waals surface area contributed by atoms with E-state index in [2.05, 4.69) is 15.4 Å². The molecule has 126 valence electrons. The van der Waals surface area contributed by atoms with E-state index in [1.165, 1.54) is 6.07 Å². The number of aromatic nitrogens is 3. The Labute approximate surface area is 141 Å². The van der Waals surface area contributed by atoms with Crippen LogP contribution in [-0.4, -0.2) is 15.4 Å². The Kier molecular flexibility index (Phi) is 4.52. The summed E-state index contributed by atoms with van der Waals surface area (Å²) in [6.07, 6.45) is -3.28. The van der Waals surface area contributed by atoms with Gasteiger partial charge in [0, 0.05) is 5.56 Å². The molecule has 0 spiro atoms. The highest BCUT2D eigenvalue weighted by atomic mass is 19.4. The van der Waals surface area contributed by atoms with Crippen LogP contribution in [0.15, 0.2) is 48.5 Å². The summed E-state index contributed by atoms with van der Waals surface area (Å²) < 4.78 is 39.2. The normalized spacial score (nSPS) is 11.3. The lowest BCUT2D eigenvalue weighted by molar-refractivity contribution is -0.137. The predicted octanol–water partition coefficient (Wildman–Crippen LogP) is 4.15. The number of H-pyrrole nitrogens is 1. The number of nitrogens with zero attached hydrogens (tertiary/aromatic N) is 3. The Hall–Kier alpha value is -3.14. The van der Waals surface area contributed by atoms with Crippen molar-refractivity contribution in [2.75, 3.05) is 0 Å². The lowest BCUT2D eigenvalue weighted by Gasteiger charge is -2.12. The molecule has 1 N–H and O–H groups in total. The highest BCUT2D eigenvalue weighted by molar-refractivity contribution is 5.69. The van der Waals surface area contributed by atoms with E-state index in [4.69, 9.17) is 5.26 Å². The molecule has 0 radical (unpaired) electrons. The summed E-state index contributed by atoms with van der Waals surface area (Å²) >= 11 is 0. The van der Waals surface area contributed by atoms with Crippen molar-refractivity contribution in [2.45, 2.75) is 19.0 Å². The maximum Gasteiger partial charge on any atom is 0.416 e. The van der Waals surface area contributed by atoms with Gasteiger partial charge in [-0.25, -0.2) is 5.10 Å². The van der Waals surface area contributed by atoms with E-state index in [0.717, 1.165) is 17.7 Å². The van der Waals surface area contributed by atoms with Crippen LogP contribution in [0.1, 0.15) is 22.4 Å². The molecule has 1 aromatic heterocycles. The van der Waals surface area contributed by atoms with E-state index in [0.29, 0.717) is 18.4 Å². The molecule has 0 fully saturated rings. The summed E-state index contributed by atoms with van der Waals surface area (Å²) in [7, 11) is 0. The predicted molar refractivity (Wildman–Crippen MR) is 85.4 cm³/mol. The first-order valence-corrected chi connectivity index (χ1v) is 7.54. The van der Waals surface area contributed by atoms with Gasteiger partial charge in [-0.15, -0.1) is 5.10 Å². The highest BCUT2D eigenvalue weighted by Gasteiger charge is 2.31. The van der Waals surface area contributed by atoms with E-state index >= 15 is 0 Å². The zero-order chi connectivity index (χ0) is 17.9. The topological polar surface area (TPSA) is 65.4 Å². The summed E-state index contributed by atoms with van der Waals surface area (Å²) in [5, 5.41) is 18.9. The lowest BCUT2D eigenvalue weighted by Crippen LogP contribution is -2.06. The lowest BCUT2D eigenvalue weighted by atomic mass is 9.95. The number of hydrogen-bond donors (Lipinski definition) is 1. The number of hydrogen-bond acceptors (Lipinski definition) is 3. The minimum absolute atomic E-state index is 0.0419. The van der Waals surface area contributed by atoms with E-state index in [9.17, 15) is 13.2 Å². The number of aromatic amines is 1. The molecule has 0 amide bonds. The van der Waals surface area contributed by atoms with Crippen LogP contribution in [0.2, 0.25) is 0 Å². The van der Waals surface area contributed by atoms with Gasteiger partial charge in [0.25, 0.3) is 0 Å². The number of rotatable bonds is 4. The summed E-state index contributed by atoms with van der Waals surface area (Å²) in [4.78, 5) is 0. The number of alkyl halides is 3. The SMILES string of the molecule is N#Cc1[nH]nnc1-c1cc(C(F)(F)F)ccc1CCc1ccccc1. The molecule has 0 aliphatic rings. The van der Waals surface area contributed by atoms with Gasteiger partial charge in [-0.1, -0.05) is 41.6 Å². The second-order valence-corrected chi connectivity index (χ2v) is 5.50. The quantitative estimate of drug-likeness (QED) is 0.775. The van der Waals surface area contributed by atoms with Crippen molar-refractivity contribution in [2.24, 2.45) is 0 Å². The zero-order valence-corrected chi connectivity index (χ0v) is 13.0. The molecular formula is C18H13F3N4. The third kappa shape index (κ3) is 3.69. The second-order valence-electron chi connectivity index (χ2n) is 5.50. The van der Waals surface area contributed by atoms with Crippen LogP contribution in [0.25, 0.3) is 11.3 Å². The largest absolute Gasteiger partial charge is 0.416 e. The van der Waals surface area contributed by atoms with Gasteiger partial charge in [-0.2, -0.15) is 18.4 Å². The van der Waals surface area contributed by atoms with Crippen LogP contribution >= 0.6 is 0 Å². The summed E-state index contributed by atoms with van der Waals surface area (Å²) in [5.74, 6) is 0. The first-order valence-electron chi connectivity index (χ1n) is 7.54. The van der Waals surface area contributed by atoms with Gasteiger partial charge in [0.15, 0.2) is 5.69 Å². The van der Waals surface area contributed by atoms with Crippen molar-refractivity contribution >= 4 is 0 Å². The van der Waals surface area contributed by atoms with E-state index in [1.54, 1.807) is 0 Å². The highest BCUT2D eigenvalue weighted by Crippen LogP contribution is 2.34. The minimum atomic E-state index is -4.47. The van der Waals surface area contributed by atoms with E-state index in [-0.39, 0.29) is 17.0 Å². The van der Waals surface area contributed by atoms with Crippen LogP contribution in [0, 0.1) is 11.3 Å². The first kappa shape index (κ1) is 16.7. The summed E-state index contributed by atoms with van der Waals surface area (Å²) in [6, 6.07) is 15.0. The van der Waals surface area contributed by atoms with Crippen molar-refractivity contribution in [3.05, 3.63) is 70.9 Å². The Morgan fingerprint density at radius 3 is 2.48 bits per heavy atom. The van der Waals surface area contributed by atoms with Gasteiger partial charge in [-0.05, 0) is 36.1 Å². The molecule has 4 nitrogen and oxygen atoms in total. The van der Waals surface area contributed by atoms with Crippen molar-refractivity contribution in [1.82, 2.24) is 15.4 Å². The molecule has 0 saturated carbocycles. The average Bonchev–Trinajstić information content (AvgIpc) is 3.08. The molecule has 0 aliphatic carbocycles. The van der Waals surface area contributed by atoms with Crippen molar-refractivity contribution in [1.29, 1.82) is 5.26 Å². The maximum atomic E-state index is 13.1. The summed E-state index contributed by atoms with van der Waals surface area (Å²) in [6.45, 7) is 0.